The number of ether oxygens (including phenoxy) is 1. The molecule has 3 N–H and O–H groups in total. The van der Waals surface area contributed by atoms with Crippen LogP contribution in [0.2, 0.25) is 0 Å². The first-order valence-corrected chi connectivity index (χ1v) is 9.75. The zero-order chi connectivity index (χ0) is 19.1. The molecule has 0 aliphatic carbocycles. The molecule has 0 spiro atoms. The summed E-state index contributed by atoms with van der Waals surface area (Å²) in [5.74, 6) is 0.906. The van der Waals surface area contributed by atoms with Crippen LogP contribution in [0.3, 0.4) is 0 Å². The Morgan fingerprint density at radius 3 is 2.54 bits per heavy atom. The van der Waals surface area contributed by atoms with Crippen molar-refractivity contribution in [2.24, 2.45) is 11.8 Å². The molecule has 2 aliphatic rings. The summed E-state index contributed by atoms with van der Waals surface area (Å²) in [5, 5.41) is 15.9. The van der Waals surface area contributed by atoms with E-state index in [-0.39, 0.29) is 42.2 Å². The van der Waals surface area contributed by atoms with E-state index in [9.17, 15) is 14.7 Å². The minimum absolute atomic E-state index is 0. The van der Waals surface area contributed by atoms with Gasteiger partial charge in [-0.1, -0.05) is 18.2 Å². The van der Waals surface area contributed by atoms with Crippen molar-refractivity contribution in [2.75, 3.05) is 39.3 Å². The van der Waals surface area contributed by atoms with Gasteiger partial charge in [-0.05, 0) is 25.0 Å². The third-order valence-electron chi connectivity index (χ3n) is 5.39. The lowest BCUT2D eigenvalue weighted by molar-refractivity contribution is -0.136. The molecule has 2 saturated heterocycles. The Labute approximate surface area is 172 Å². The van der Waals surface area contributed by atoms with Gasteiger partial charge in [-0.25, -0.2) is 0 Å². The van der Waals surface area contributed by atoms with Gasteiger partial charge < -0.3 is 25.4 Å². The predicted octanol–water partition coefficient (Wildman–Crippen LogP) is 0.812. The van der Waals surface area contributed by atoms with Gasteiger partial charge in [0.1, 0.15) is 5.75 Å². The van der Waals surface area contributed by atoms with E-state index in [1.807, 2.05) is 35.2 Å². The Hall–Kier alpha value is -1.83. The van der Waals surface area contributed by atoms with Crippen molar-refractivity contribution in [1.29, 1.82) is 0 Å². The Morgan fingerprint density at radius 2 is 1.89 bits per heavy atom. The number of nitrogens with zero attached hydrogens (tertiary/aromatic N) is 1. The number of β-amino-alcohol motifs (C(OH)–C–C–N with tert-alkyl or cyclic N) is 1. The number of aliphatic hydroxyl groups is 1. The molecule has 1 aromatic rings. The first-order chi connectivity index (χ1) is 13.1. The molecular weight excluding hydrogens is 382 g/mol. The number of hydrogen-bond donors (Lipinski definition) is 3. The second kappa shape index (κ2) is 11.2. The third-order valence-corrected chi connectivity index (χ3v) is 5.39. The van der Waals surface area contributed by atoms with Crippen LogP contribution in [0.1, 0.15) is 19.3 Å². The van der Waals surface area contributed by atoms with Gasteiger partial charge >= 0.3 is 0 Å². The molecule has 2 aliphatic heterocycles. The summed E-state index contributed by atoms with van der Waals surface area (Å²) in [4.78, 5) is 26.5. The fourth-order valence-corrected chi connectivity index (χ4v) is 3.63. The molecule has 2 atom stereocenters. The van der Waals surface area contributed by atoms with Crippen molar-refractivity contribution >= 4 is 24.2 Å². The van der Waals surface area contributed by atoms with Crippen molar-refractivity contribution in [2.45, 2.75) is 25.4 Å². The molecule has 1 aromatic carbocycles. The quantitative estimate of drug-likeness (QED) is 0.617. The lowest BCUT2D eigenvalue weighted by atomic mass is 9.95. The van der Waals surface area contributed by atoms with E-state index < -0.39 is 0 Å². The van der Waals surface area contributed by atoms with E-state index in [4.69, 9.17) is 4.74 Å². The average molecular weight is 412 g/mol. The highest BCUT2D eigenvalue weighted by molar-refractivity contribution is 5.85. The first-order valence-electron chi connectivity index (χ1n) is 9.75. The normalized spacial score (nSPS) is 22.4. The third kappa shape index (κ3) is 6.36. The van der Waals surface area contributed by atoms with Crippen LogP contribution >= 0.6 is 12.4 Å². The molecule has 2 heterocycles. The lowest BCUT2D eigenvalue weighted by Crippen LogP contribution is -2.44. The van der Waals surface area contributed by atoms with Crippen molar-refractivity contribution < 1.29 is 19.4 Å². The molecule has 2 unspecified atom stereocenters. The summed E-state index contributed by atoms with van der Waals surface area (Å²) in [7, 11) is 0. The summed E-state index contributed by atoms with van der Waals surface area (Å²) >= 11 is 0. The van der Waals surface area contributed by atoms with Crippen LogP contribution in [0.25, 0.3) is 0 Å². The van der Waals surface area contributed by atoms with Crippen molar-refractivity contribution in [1.82, 2.24) is 15.5 Å². The number of benzene rings is 1. The molecule has 0 bridgehead atoms. The highest BCUT2D eigenvalue weighted by Crippen LogP contribution is 2.19. The van der Waals surface area contributed by atoms with E-state index >= 15 is 0 Å². The van der Waals surface area contributed by atoms with Crippen molar-refractivity contribution in [3.63, 3.8) is 0 Å². The van der Waals surface area contributed by atoms with Crippen LogP contribution < -0.4 is 15.4 Å². The van der Waals surface area contributed by atoms with Crippen LogP contribution in [0.4, 0.5) is 0 Å². The molecule has 8 heteroatoms. The lowest BCUT2D eigenvalue weighted by Gasteiger charge is -2.31. The zero-order valence-electron chi connectivity index (χ0n) is 16.0. The largest absolute Gasteiger partial charge is 0.493 e. The number of piperidine rings is 1. The second-order valence-corrected chi connectivity index (χ2v) is 7.30. The Balaban J connectivity index is 0.00000280. The summed E-state index contributed by atoms with van der Waals surface area (Å²) in [5.41, 5.74) is 0. The molecule has 0 saturated carbocycles. The van der Waals surface area contributed by atoms with Crippen LogP contribution in [0.15, 0.2) is 30.3 Å². The molecule has 2 fully saturated rings. The molecule has 2 amide bonds. The first kappa shape index (κ1) is 22.5. The molecule has 0 radical (unpaired) electrons. The van der Waals surface area contributed by atoms with Crippen molar-refractivity contribution in [3.8, 4) is 5.75 Å². The van der Waals surface area contributed by atoms with Gasteiger partial charge in [0.25, 0.3) is 0 Å². The Morgan fingerprint density at radius 1 is 1.18 bits per heavy atom. The second-order valence-electron chi connectivity index (χ2n) is 7.30. The standard InChI is InChI=1S/C20H29N3O4.ClH/c24-18-14-21-12-16(18)13-22-20(26)15-6-9-23(10-7-15)19(25)8-11-27-17-4-2-1-3-5-17;/h1-5,15-16,18,21,24H,6-14H2,(H,22,26);1H. The number of rotatable bonds is 7. The van der Waals surface area contributed by atoms with Crippen LogP contribution in [0.5, 0.6) is 5.75 Å². The van der Waals surface area contributed by atoms with Crippen LogP contribution in [-0.2, 0) is 9.59 Å². The van der Waals surface area contributed by atoms with E-state index in [0.717, 1.165) is 12.3 Å². The summed E-state index contributed by atoms with van der Waals surface area (Å²) < 4.78 is 5.58. The van der Waals surface area contributed by atoms with Gasteiger partial charge in [0.05, 0.1) is 19.1 Å². The fraction of sp³-hybridized carbons (Fsp3) is 0.600. The van der Waals surface area contributed by atoms with Gasteiger partial charge in [0.2, 0.25) is 11.8 Å². The minimum atomic E-state index is -0.386. The number of para-hydroxylation sites is 1. The van der Waals surface area contributed by atoms with Gasteiger partial charge in [-0.15, -0.1) is 12.4 Å². The molecule has 28 heavy (non-hydrogen) atoms. The monoisotopic (exact) mass is 411 g/mol. The highest BCUT2D eigenvalue weighted by Gasteiger charge is 2.29. The SMILES string of the molecule is Cl.O=C(NCC1CNCC1O)C1CCN(C(=O)CCOc2ccccc2)CC1. The number of likely N-dealkylation sites (tertiary alicyclic amines) is 1. The van der Waals surface area contributed by atoms with E-state index in [1.54, 1.807) is 0 Å². The zero-order valence-corrected chi connectivity index (χ0v) is 16.8. The molecule has 0 aromatic heterocycles. The van der Waals surface area contributed by atoms with E-state index in [0.29, 0.717) is 52.0 Å². The van der Waals surface area contributed by atoms with Crippen LogP contribution in [0, 0.1) is 11.8 Å². The molecule has 3 rings (SSSR count). The number of carbonyl (C=O) groups is 2. The van der Waals surface area contributed by atoms with Crippen LogP contribution in [-0.4, -0.2) is 67.3 Å². The van der Waals surface area contributed by atoms with Gasteiger partial charge in [-0.2, -0.15) is 0 Å². The smallest absolute Gasteiger partial charge is 0.225 e. The number of nitrogens with one attached hydrogen (secondary N) is 2. The fourth-order valence-electron chi connectivity index (χ4n) is 3.63. The van der Waals surface area contributed by atoms with Gasteiger partial charge in [-0.3, -0.25) is 9.59 Å². The topological polar surface area (TPSA) is 90.9 Å². The predicted molar refractivity (Wildman–Crippen MR) is 108 cm³/mol. The van der Waals surface area contributed by atoms with E-state index in [1.165, 1.54) is 0 Å². The maximum Gasteiger partial charge on any atom is 0.225 e. The molecule has 7 nitrogen and oxygen atoms in total. The van der Waals surface area contributed by atoms with Crippen molar-refractivity contribution in [3.05, 3.63) is 30.3 Å². The summed E-state index contributed by atoms with van der Waals surface area (Å²) in [6, 6.07) is 9.46. The number of hydrogen-bond acceptors (Lipinski definition) is 5. The minimum Gasteiger partial charge on any atom is -0.493 e. The highest BCUT2D eigenvalue weighted by atomic mass is 35.5. The number of aliphatic hydroxyl groups excluding tert-OH is 1. The summed E-state index contributed by atoms with van der Waals surface area (Å²) in [6.07, 6.45) is 1.33. The van der Waals surface area contributed by atoms with Gasteiger partial charge in [0.15, 0.2) is 0 Å². The Kier molecular flexibility index (Phi) is 9.02. The maximum absolute atomic E-state index is 12.3. The number of carbonyl (C=O) groups excluding carboxylic acids is 2. The Bertz CT molecular complexity index is 623. The summed E-state index contributed by atoms with van der Waals surface area (Å²) in [6.45, 7) is 3.41. The number of amides is 2. The number of halogens is 1. The van der Waals surface area contributed by atoms with Gasteiger partial charge in [0, 0.05) is 44.6 Å². The molecule has 156 valence electrons. The maximum atomic E-state index is 12.3. The average Bonchev–Trinajstić information content (AvgIpc) is 3.12. The van der Waals surface area contributed by atoms with E-state index in [2.05, 4.69) is 10.6 Å². The molecular formula is C20H30ClN3O4.